The molecule has 2 aromatic rings. The lowest BCUT2D eigenvalue weighted by Crippen LogP contribution is -2.48. The normalized spacial score (nSPS) is 17.7. The number of hydrogen-bond acceptors (Lipinski definition) is 3. The maximum Gasteiger partial charge on any atom is 0.172 e. The van der Waals surface area contributed by atoms with Gasteiger partial charge in [0, 0.05) is 12.7 Å². The number of nitrogen functional groups attached to an aromatic ring is 1. The lowest BCUT2D eigenvalue weighted by Gasteiger charge is -2.37. The van der Waals surface area contributed by atoms with Crippen LogP contribution in [0.15, 0.2) is 24.4 Å². The largest absolute Gasteiger partial charge is 0.394 e. The maximum atomic E-state index is 6.14. The van der Waals surface area contributed by atoms with E-state index in [1.807, 2.05) is 28.9 Å². The molecule has 5 nitrogen and oxygen atoms in total. The molecule has 3 heterocycles. The topological polar surface area (TPSA) is 55.4 Å². The van der Waals surface area contributed by atoms with Crippen molar-refractivity contribution in [2.45, 2.75) is 32.1 Å². The van der Waals surface area contributed by atoms with Crippen molar-refractivity contribution in [1.29, 1.82) is 0 Å². The fraction of sp³-hybridized carbons (Fsp3) is 0.588. The van der Waals surface area contributed by atoms with Crippen LogP contribution in [0.1, 0.15) is 32.1 Å². The van der Waals surface area contributed by atoms with E-state index in [2.05, 4.69) is 17.5 Å². The van der Waals surface area contributed by atoms with E-state index < -0.39 is 0 Å². The number of nitrogens with zero attached hydrogens (tertiary/aromatic N) is 3. The second-order valence-electron chi connectivity index (χ2n) is 6.78. The average molecular weight is 302 g/mol. The Morgan fingerprint density at radius 2 is 2.05 bits per heavy atom. The first-order chi connectivity index (χ1) is 10.7. The van der Waals surface area contributed by atoms with Crippen molar-refractivity contribution in [3.8, 4) is 0 Å². The van der Waals surface area contributed by atoms with E-state index in [4.69, 9.17) is 5.73 Å². The summed E-state index contributed by atoms with van der Waals surface area (Å²) in [7, 11) is 2.41. The first-order valence-corrected chi connectivity index (χ1v) is 8.48. The van der Waals surface area contributed by atoms with Gasteiger partial charge in [-0.2, -0.15) is 0 Å². The molecule has 0 radical (unpaired) electrons. The number of fused-ring (bicyclic) bond motifs is 1. The van der Waals surface area contributed by atoms with E-state index in [0.717, 1.165) is 23.6 Å². The zero-order chi connectivity index (χ0) is 15.4. The number of likely N-dealkylation sites (tertiary alicyclic amines) is 1. The van der Waals surface area contributed by atoms with Crippen LogP contribution in [0.4, 0.5) is 11.5 Å². The fourth-order valence-electron chi connectivity index (χ4n) is 3.47. The SMILES string of the molecule is C[N+]1(CCCCNc2nn3ccccc3c2N)CCCCC1. The third-order valence-corrected chi connectivity index (χ3v) is 4.89. The number of pyridine rings is 1. The van der Waals surface area contributed by atoms with Crippen LogP contribution in [0.5, 0.6) is 0 Å². The van der Waals surface area contributed by atoms with Gasteiger partial charge in [0.1, 0.15) is 5.69 Å². The summed E-state index contributed by atoms with van der Waals surface area (Å²) in [4.78, 5) is 0. The van der Waals surface area contributed by atoms with Crippen LogP contribution in [0, 0.1) is 0 Å². The molecule has 22 heavy (non-hydrogen) atoms. The van der Waals surface area contributed by atoms with E-state index in [-0.39, 0.29) is 0 Å². The predicted octanol–water partition coefficient (Wildman–Crippen LogP) is 2.74. The number of piperidine rings is 1. The summed E-state index contributed by atoms with van der Waals surface area (Å²) in [5, 5.41) is 7.88. The Morgan fingerprint density at radius 1 is 1.23 bits per heavy atom. The van der Waals surface area contributed by atoms with Gasteiger partial charge < -0.3 is 15.5 Å². The third kappa shape index (κ3) is 3.35. The molecule has 0 atom stereocenters. The van der Waals surface area contributed by atoms with Gasteiger partial charge in [-0.3, -0.25) is 0 Å². The summed E-state index contributed by atoms with van der Waals surface area (Å²) in [6.07, 6.45) is 8.57. The Labute approximate surface area is 132 Å². The minimum atomic E-state index is 0.746. The van der Waals surface area contributed by atoms with Crippen molar-refractivity contribution >= 4 is 17.0 Å². The molecule has 0 spiro atoms. The highest BCUT2D eigenvalue weighted by Crippen LogP contribution is 2.22. The van der Waals surface area contributed by atoms with Gasteiger partial charge in [0.25, 0.3) is 0 Å². The molecule has 0 amide bonds. The molecule has 1 saturated heterocycles. The maximum absolute atomic E-state index is 6.14. The van der Waals surface area contributed by atoms with Crippen molar-refractivity contribution in [3.05, 3.63) is 24.4 Å². The highest BCUT2D eigenvalue weighted by Gasteiger charge is 2.23. The second-order valence-corrected chi connectivity index (χ2v) is 6.78. The van der Waals surface area contributed by atoms with Crippen LogP contribution in [0.2, 0.25) is 0 Å². The van der Waals surface area contributed by atoms with Gasteiger partial charge in [-0.15, -0.1) is 5.10 Å². The van der Waals surface area contributed by atoms with Crippen LogP contribution in [-0.4, -0.2) is 47.3 Å². The quantitative estimate of drug-likeness (QED) is 0.637. The lowest BCUT2D eigenvalue weighted by molar-refractivity contribution is -0.914. The average Bonchev–Trinajstić information content (AvgIpc) is 2.85. The van der Waals surface area contributed by atoms with Gasteiger partial charge in [0.2, 0.25) is 0 Å². The molecule has 3 rings (SSSR count). The molecule has 1 aliphatic rings. The van der Waals surface area contributed by atoms with Crippen LogP contribution < -0.4 is 11.1 Å². The fourth-order valence-corrected chi connectivity index (χ4v) is 3.47. The van der Waals surface area contributed by atoms with Gasteiger partial charge in [-0.05, 0) is 44.2 Å². The number of aromatic nitrogens is 2. The molecule has 0 saturated carbocycles. The highest BCUT2D eigenvalue weighted by molar-refractivity contribution is 5.80. The molecule has 0 unspecified atom stereocenters. The molecule has 0 aliphatic carbocycles. The minimum Gasteiger partial charge on any atom is -0.394 e. The monoisotopic (exact) mass is 302 g/mol. The van der Waals surface area contributed by atoms with E-state index >= 15 is 0 Å². The van der Waals surface area contributed by atoms with Gasteiger partial charge >= 0.3 is 0 Å². The summed E-state index contributed by atoms with van der Waals surface area (Å²) < 4.78 is 3.09. The lowest BCUT2D eigenvalue weighted by atomic mass is 10.1. The number of nitrogens with two attached hydrogens (primary N) is 1. The standard InChI is InChI=1S/C17H28N5/c1-22(12-6-2-7-13-22)14-8-4-10-19-17-16(18)15-9-3-5-11-21(15)20-17/h3,5,9,11H,2,4,6-8,10,12-14,18H2,1H3,(H,19,20)/q+1. The Hall–Kier alpha value is -1.75. The number of unbranched alkanes of at least 4 members (excludes halogenated alkanes) is 1. The summed E-state index contributed by atoms with van der Waals surface area (Å²) in [5.41, 5.74) is 7.86. The summed E-state index contributed by atoms with van der Waals surface area (Å²) >= 11 is 0. The Bertz CT molecular complexity index is 613. The second kappa shape index (κ2) is 6.57. The van der Waals surface area contributed by atoms with Gasteiger partial charge in [0.15, 0.2) is 5.82 Å². The van der Waals surface area contributed by atoms with Crippen LogP contribution >= 0.6 is 0 Å². The Balaban J connectivity index is 1.45. The van der Waals surface area contributed by atoms with Crippen molar-refractivity contribution in [1.82, 2.24) is 9.61 Å². The number of nitrogens with one attached hydrogen (secondary N) is 1. The molecule has 120 valence electrons. The van der Waals surface area contributed by atoms with Crippen molar-refractivity contribution in [2.24, 2.45) is 0 Å². The first-order valence-electron chi connectivity index (χ1n) is 8.48. The van der Waals surface area contributed by atoms with Crippen molar-refractivity contribution in [3.63, 3.8) is 0 Å². The summed E-state index contributed by atoms with van der Waals surface area (Å²) in [6, 6.07) is 5.95. The molecule has 1 aliphatic heterocycles. The molecule has 0 bridgehead atoms. The minimum absolute atomic E-state index is 0.746. The molecule has 0 aromatic carbocycles. The summed E-state index contributed by atoms with van der Waals surface area (Å²) in [6.45, 7) is 4.94. The molecule has 1 fully saturated rings. The number of quaternary nitrogens is 1. The van der Waals surface area contributed by atoms with Gasteiger partial charge in [-0.25, -0.2) is 4.52 Å². The van der Waals surface area contributed by atoms with E-state index in [1.54, 1.807) is 0 Å². The van der Waals surface area contributed by atoms with Crippen LogP contribution in [-0.2, 0) is 0 Å². The summed E-state index contributed by atoms with van der Waals surface area (Å²) in [5.74, 6) is 0.810. The number of rotatable bonds is 6. The number of anilines is 2. The Kier molecular flexibility index (Phi) is 4.52. The van der Waals surface area contributed by atoms with Crippen molar-refractivity contribution < 1.29 is 4.48 Å². The smallest absolute Gasteiger partial charge is 0.172 e. The molecule has 5 heteroatoms. The van der Waals surface area contributed by atoms with E-state index in [0.29, 0.717) is 0 Å². The predicted molar refractivity (Wildman–Crippen MR) is 92.0 cm³/mol. The van der Waals surface area contributed by atoms with Crippen LogP contribution in [0.3, 0.4) is 0 Å². The van der Waals surface area contributed by atoms with Gasteiger partial charge in [-0.1, -0.05) is 6.07 Å². The highest BCUT2D eigenvalue weighted by atomic mass is 15.3. The first kappa shape index (κ1) is 15.2. The zero-order valence-corrected chi connectivity index (χ0v) is 13.6. The van der Waals surface area contributed by atoms with E-state index in [1.165, 1.54) is 56.2 Å². The van der Waals surface area contributed by atoms with E-state index in [9.17, 15) is 0 Å². The molecular formula is C17H28N5+. The Morgan fingerprint density at radius 3 is 2.82 bits per heavy atom. The molecule has 2 aromatic heterocycles. The van der Waals surface area contributed by atoms with Crippen LogP contribution in [0.25, 0.3) is 5.52 Å². The molecular weight excluding hydrogens is 274 g/mol. The third-order valence-electron chi connectivity index (χ3n) is 4.89. The molecule has 3 N–H and O–H groups in total. The number of hydrogen-bond donors (Lipinski definition) is 2. The van der Waals surface area contributed by atoms with Gasteiger partial charge in [0.05, 0.1) is 32.2 Å². The zero-order valence-electron chi connectivity index (χ0n) is 13.6. The van der Waals surface area contributed by atoms with Crippen molar-refractivity contribution in [2.75, 3.05) is 44.3 Å².